The predicted octanol–water partition coefficient (Wildman–Crippen LogP) is 2.72. The summed E-state index contributed by atoms with van der Waals surface area (Å²) in [6.45, 7) is 3.28. The number of pyridine rings is 1. The van der Waals surface area contributed by atoms with E-state index in [0.717, 1.165) is 36.7 Å². The van der Waals surface area contributed by atoms with Crippen molar-refractivity contribution in [3.63, 3.8) is 0 Å². The summed E-state index contributed by atoms with van der Waals surface area (Å²) in [6.07, 6.45) is 11.7. The van der Waals surface area contributed by atoms with E-state index in [2.05, 4.69) is 33.4 Å². The van der Waals surface area contributed by atoms with Gasteiger partial charge < -0.3 is 10.2 Å². The zero-order valence-electron chi connectivity index (χ0n) is 13.5. The van der Waals surface area contributed by atoms with E-state index < -0.39 is 0 Å². The first kappa shape index (κ1) is 14.7. The summed E-state index contributed by atoms with van der Waals surface area (Å²) in [6, 6.07) is 6.59. The Morgan fingerprint density at radius 3 is 2.70 bits per heavy atom. The topological polar surface area (TPSA) is 52.0 Å². The molecule has 4 nitrogen and oxygen atoms in total. The minimum absolute atomic E-state index is 0.630. The average Bonchev–Trinajstić information content (AvgIpc) is 3.24. The predicted molar refractivity (Wildman–Crippen MR) is 91.0 cm³/mol. The van der Waals surface area contributed by atoms with Crippen molar-refractivity contribution >= 4 is 5.82 Å². The molecule has 0 aromatic carbocycles. The van der Waals surface area contributed by atoms with Gasteiger partial charge >= 0.3 is 0 Å². The van der Waals surface area contributed by atoms with Gasteiger partial charge in [0.15, 0.2) is 0 Å². The summed E-state index contributed by atoms with van der Waals surface area (Å²) in [5.41, 5.74) is 0.630. The zero-order valence-corrected chi connectivity index (χ0v) is 13.5. The average molecular weight is 308 g/mol. The number of rotatable bonds is 4. The Hall–Kier alpha value is -1.86. The van der Waals surface area contributed by atoms with Gasteiger partial charge in [0.2, 0.25) is 0 Å². The first-order valence-corrected chi connectivity index (χ1v) is 8.84. The fourth-order valence-corrected chi connectivity index (χ4v) is 4.40. The second-order valence-corrected chi connectivity index (χ2v) is 7.23. The van der Waals surface area contributed by atoms with Crippen molar-refractivity contribution in [3.8, 4) is 6.07 Å². The van der Waals surface area contributed by atoms with Crippen molar-refractivity contribution in [1.29, 1.82) is 5.26 Å². The van der Waals surface area contributed by atoms with Crippen molar-refractivity contribution < 1.29 is 0 Å². The molecule has 1 N–H and O–H groups in total. The van der Waals surface area contributed by atoms with E-state index in [1.807, 2.05) is 12.1 Å². The van der Waals surface area contributed by atoms with Crippen LogP contribution in [0, 0.1) is 29.1 Å². The Morgan fingerprint density at radius 1 is 1.22 bits per heavy atom. The fraction of sp³-hybridized carbons (Fsp3) is 0.579. The van der Waals surface area contributed by atoms with Crippen LogP contribution in [0.1, 0.15) is 31.2 Å². The summed E-state index contributed by atoms with van der Waals surface area (Å²) in [7, 11) is 0. The Morgan fingerprint density at radius 2 is 2.09 bits per heavy atom. The first-order valence-electron chi connectivity index (χ1n) is 8.84. The molecule has 2 heterocycles. The van der Waals surface area contributed by atoms with E-state index in [1.54, 1.807) is 6.20 Å². The van der Waals surface area contributed by atoms with Gasteiger partial charge in [-0.15, -0.1) is 0 Å². The lowest BCUT2D eigenvalue weighted by Crippen LogP contribution is -2.44. The Balaban J connectivity index is 1.24. The molecule has 0 radical (unpaired) electrons. The maximum Gasteiger partial charge on any atom is 0.128 e. The fourth-order valence-electron chi connectivity index (χ4n) is 4.40. The molecule has 1 saturated heterocycles. The zero-order chi connectivity index (χ0) is 15.6. The summed E-state index contributed by atoms with van der Waals surface area (Å²) >= 11 is 0. The molecule has 1 aromatic heterocycles. The van der Waals surface area contributed by atoms with Gasteiger partial charge in [0.05, 0.1) is 5.56 Å². The highest BCUT2D eigenvalue weighted by molar-refractivity contribution is 5.42. The van der Waals surface area contributed by atoms with Crippen LogP contribution in [0.3, 0.4) is 0 Å². The van der Waals surface area contributed by atoms with Gasteiger partial charge in [0, 0.05) is 25.3 Å². The van der Waals surface area contributed by atoms with Gasteiger partial charge in [-0.05, 0) is 62.1 Å². The summed E-state index contributed by atoms with van der Waals surface area (Å²) < 4.78 is 0. The van der Waals surface area contributed by atoms with Crippen LogP contribution in [0.5, 0.6) is 0 Å². The molecule has 0 unspecified atom stereocenters. The highest BCUT2D eigenvalue weighted by Crippen LogP contribution is 2.43. The molecule has 4 rings (SSSR count). The normalized spacial score (nSPS) is 29.9. The number of anilines is 1. The number of hydrogen-bond acceptors (Lipinski definition) is 4. The van der Waals surface area contributed by atoms with Crippen molar-refractivity contribution in [3.05, 3.63) is 36.0 Å². The molecule has 2 fully saturated rings. The molecule has 2 aliphatic carbocycles. The third kappa shape index (κ3) is 3.11. The van der Waals surface area contributed by atoms with Crippen LogP contribution in [-0.4, -0.2) is 30.7 Å². The molecule has 1 aliphatic heterocycles. The molecule has 2 bridgehead atoms. The van der Waals surface area contributed by atoms with Crippen molar-refractivity contribution in [2.24, 2.45) is 17.8 Å². The lowest BCUT2D eigenvalue weighted by molar-refractivity contribution is 0.348. The van der Waals surface area contributed by atoms with Crippen LogP contribution in [-0.2, 0) is 0 Å². The highest BCUT2D eigenvalue weighted by Gasteiger charge is 2.35. The van der Waals surface area contributed by atoms with Crippen LogP contribution in [0.25, 0.3) is 0 Å². The van der Waals surface area contributed by atoms with E-state index in [1.165, 1.54) is 32.2 Å². The molecule has 0 amide bonds. The van der Waals surface area contributed by atoms with Crippen LogP contribution >= 0.6 is 0 Å². The number of nitrogens with one attached hydrogen (secondary N) is 1. The molecular formula is C19H24N4. The third-order valence-electron chi connectivity index (χ3n) is 5.78. The van der Waals surface area contributed by atoms with Crippen molar-refractivity contribution in [2.75, 3.05) is 24.5 Å². The monoisotopic (exact) mass is 308 g/mol. The van der Waals surface area contributed by atoms with E-state index in [4.69, 9.17) is 5.26 Å². The lowest BCUT2D eigenvalue weighted by atomic mass is 9.93. The standard InChI is InChI=1S/C19H24N4/c20-11-15-2-4-19(22-12-15)23-7-5-18(6-8-23)21-13-17-10-14-1-3-16(17)9-14/h1-4,12,14,16-18,21H,5-10,13H2/t14-,16-,17-/m0/s1. The smallest absolute Gasteiger partial charge is 0.128 e. The van der Waals surface area contributed by atoms with Gasteiger partial charge in [-0.25, -0.2) is 4.98 Å². The summed E-state index contributed by atoms with van der Waals surface area (Å²) in [4.78, 5) is 6.74. The van der Waals surface area contributed by atoms with E-state index in [-0.39, 0.29) is 0 Å². The first-order chi connectivity index (χ1) is 11.3. The Kier molecular flexibility index (Phi) is 4.05. The number of nitriles is 1. The van der Waals surface area contributed by atoms with Crippen molar-refractivity contribution in [2.45, 2.75) is 31.7 Å². The van der Waals surface area contributed by atoms with Crippen LogP contribution in [0.4, 0.5) is 5.82 Å². The van der Waals surface area contributed by atoms with E-state index in [0.29, 0.717) is 11.6 Å². The number of aromatic nitrogens is 1. The van der Waals surface area contributed by atoms with Gasteiger partial charge in [-0.2, -0.15) is 5.26 Å². The third-order valence-corrected chi connectivity index (χ3v) is 5.78. The lowest BCUT2D eigenvalue weighted by Gasteiger charge is -2.34. The molecule has 3 aliphatic rings. The maximum absolute atomic E-state index is 8.85. The molecule has 3 atom stereocenters. The number of hydrogen-bond donors (Lipinski definition) is 1. The van der Waals surface area contributed by atoms with Crippen LogP contribution in [0.2, 0.25) is 0 Å². The molecule has 1 aromatic rings. The number of fused-ring (bicyclic) bond motifs is 2. The molecule has 23 heavy (non-hydrogen) atoms. The largest absolute Gasteiger partial charge is 0.357 e. The molecule has 120 valence electrons. The highest BCUT2D eigenvalue weighted by atomic mass is 15.2. The van der Waals surface area contributed by atoms with E-state index >= 15 is 0 Å². The molecule has 4 heteroatoms. The quantitative estimate of drug-likeness (QED) is 0.869. The van der Waals surface area contributed by atoms with E-state index in [9.17, 15) is 0 Å². The molecule has 0 spiro atoms. The van der Waals surface area contributed by atoms with Gasteiger partial charge in [0.1, 0.15) is 11.9 Å². The SMILES string of the molecule is N#Cc1ccc(N2CCC(NC[C@@H]3C[C@H]4C=C[C@H]3C4)CC2)nc1. The Bertz CT molecular complexity index is 607. The Labute approximate surface area is 138 Å². The minimum atomic E-state index is 0.630. The summed E-state index contributed by atoms with van der Waals surface area (Å²) in [5.74, 6) is 3.58. The van der Waals surface area contributed by atoms with Crippen molar-refractivity contribution in [1.82, 2.24) is 10.3 Å². The van der Waals surface area contributed by atoms with Gasteiger partial charge in [-0.1, -0.05) is 12.2 Å². The maximum atomic E-state index is 8.85. The molecule has 1 saturated carbocycles. The molecular weight excluding hydrogens is 284 g/mol. The van der Waals surface area contributed by atoms with Gasteiger partial charge in [-0.3, -0.25) is 0 Å². The van der Waals surface area contributed by atoms with Crippen LogP contribution < -0.4 is 10.2 Å². The number of allylic oxidation sites excluding steroid dienone is 2. The number of piperidine rings is 1. The summed E-state index contributed by atoms with van der Waals surface area (Å²) in [5, 5.41) is 12.7. The number of nitrogens with zero attached hydrogens (tertiary/aromatic N) is 3. The van der Waals surface area contributed by atoms with Gasteiger partial charge in [0.25, 0.3) is 0 Å². The second kappa shape index (κ2) is 6.33. The minimum Gasteiger partial charge on any atom is -0.357 e. The second-order valence-electron chi connectivity index (χ2n) is 7.23. The van der Waals surface area contributed by atoms with Crippen LogP contribution in [0.15, 0.2) is 30.5 Å².